The number of rotatable bonds is 15. The van der Waals surface area contributed by atoms with Crippen LogP contribution in [0.1, 0.15) is 85.6 Å². The lowest BCUT2D eigenvalue weighted by Crippen LogP contribution is -2.36. The average molecular weight is 547 g/mol. The number of amides is 1. The molecule has 0 spiro atoms. The summed E-state index contributed by atoms with van der Waals surface area (Å²) in [6.45, 7) is 12.1. The van der Waals surface area contributed by atoms with Gasteiger partial charge in [0.1, 0.15) is 12.4 Å². The minimum Gasteiger partial charge on any atom is -0.493 e. The van der Waals surface area contributed by atoms with Gasteiger partial charge in [-0.25, -0.2) is 0 Å². The molecule has 0 aliphatic heterocycles. The van der Waals surface area contributed by atoms with E-state index in [4.69, 9.17) is 4.74 Å². The zero-order valence-electron chi connectivity index (χ0n) is 23.6. The maximum absolute atomic E-state index is 12.5. The second kappa shape index (κ2) is 23.1. The summed E-state index contributed by atoms with van der Waals surface area (Å²) in [6.07, 6.45) is 8.75. The smallest absolute Gasteiger partial charge is 0.416 e. The third-order valence-electron chi connectivity index (χ3n) is 5.02. The SMILES string of the molecule is C/C=C\CCCC(=O)NC(C)CO[N+](=O)[O-].CC.CCC(/C=C/CCOc1cccc(C(F)(F)F)c1)CC. The zero-order chi connectivity index (χ0) is 29.4. The maximum Gasteiger partial charge on any atom is 0.416 e. The minimum absolute atomic E-state index is 0.107. The van der Waals surface area contributed by atoms with Crippen molar-refractivity contribution in [1.29, 1.82) is 0 Å². The maximum atomic E-state index is 12.5. The summed E-state index contributed by atoms with van der Waals surface area (Å²) in [6, 6.07) is 4.63. The van der Waals surface area contributed by atoms with Crippen LogP contribution in [0.5, 0.6) is 5.75 Å². The standard InChI is InChI=1S/C16H21F3O.C10H18N2O4.C2H6/c1-3-13(4-2)8-5-6-11-20-15-10-7-9-14(12-15)16(17,18)19;1-3-4-5-6-7-10(13)11-9(2)8-16-12(14)15;1-2/h5,7-10,12-13H,3-4,6,11H2,1-2H3;3-4,9H,5-8H2,1-2H3,(H,11,13);1-2H3/b8-5+;4-3-;. The molecule has 1 aromatic rings. The van der Waals surface area contributed by atoms with Crippen LogP contribution in [-0.4, -0.2) is 30.2 Å². The number of halogens is 3. The molecule has 1 aromatic carbocycles. The molecule has 7 nitrogen and oxygen atoms in total. The highest BCUT2D eigenvalue weighted by atomic mass is 19.4. The van der Waals surface area contributed by atoms with E-state index in [-0.39, 0.29) is 24.3 Å². The number of nitrogens with zero attached hydrogens (tertiary/aromatic N) is 1. The molecule has 1 amide bonds. The van der Waals surface area contributed by atoms with Crippen LogP contribution in [0.4, 0.5) is 13.2 Å². The first-order valence-electron chi connectivity index (χ1n) is 13.2. The van der Waals surface area contributed by atoms with E-state index in [0.29, 0.717) is 25.4 Å². The normalized spacial score (nSPS) is 11.8. The fourth-order valence-corrected chi connectivity index (χ4v) is 2.97. The Hall–Kier alpha value is -3.04. The molecule has 0 heterocycles. The minimum atomic E-state index is -4.32. The lowest BCUT2D eigenvalue weighted by molar-refractivity contribution is -0.758. The van der Waals surface area contributed by atoms with Crippen LogP contribution in [0.15, 0.2) is 48.6 Å². The number of alkyl halides is 3. The van der Waals surface area contributed by atoms with Crippen molar-refractivity contribution in [3.8, 4) is 5.75 Å². The monoisotopic (exact) mass is 546 g/mol. The van der Waals surface area contributed by atoms with Gasteiger partial charge in [0.05, 0.1) is 12.2 Å². The fraction of sp³-hybridized carbons (Fsp3) is 0.607. The number of hydrogen-bond donors (Lipinski definition) is 1. The average Bonchev–Trinajstić information content (AvgIpc) is 2.89. The second-order valence-electron chi connectivity index (χ2n) is 8.12. The molecule has 0 saturated carbocycles. The van der Waals surface area contributed by atoms with Crippen LogP contribution in [0, 0.1) is 16.0 Å². The van der Waals surface area contributed by atoms with Gasteiger partial charge in [-0.05, 0) is 70.1 Å². The molecule has 218 valence electrons. The number of allylic oxidation sites excluding steroid dienone is 3. The van der Waals surface area contributed by atoms with Gasteiger partial charge in [-0.1, -0.05) is 58.1 Å². The molecule has 1 unspecified atom stereocenters. The molecule has 0 bridgehead atoms. The molecule has 0 aromatic heterocycles. The largest absolute Gasteiger partial charge is 0.493 e. The molecule has 0 radical (unpaired) electrons. The highest BCUT2D eigenvalue weighted by Crippen LogP contribution is 2.31. The van der Waals surface area contributed by atoms with E-state index in [1.165, 1.54) is 6.07 Å². The topological polar surface area (TPSA) is 90.7 Å². The number of nitrogens with one attached hydrogen (secondary N) is 1. The molecule has 1 N–H and O–H groups in total. The number of carbonyl (C=O) groups excluding carboxylic acids is 1. The molecule has 1 rings (SSSR count). The van der Waals surface area contributed by atoms with E-state index in [2.05, 4.69) is 30.1 Å². The van der Waals surface area contributed by atoms with Gasteiger partial charge < -0.3 is 14.9 Å². The van der Waals surface area contributed by atoms with Gasteiger partial charge in [0.25, 0.3) is 5.09 Å². The summed E-state index contributed by atoms with van der Waals surface area (Å²) >= 11 is 0. The molecule has 38 heavy (non-hydrogen) atoms. The molecular formula is C28H45F3N2O5. The van der Waals surface area contributed by atoms with Crippen LogP contribution in [0.2, 0.25) is 0 Å². The van der Waals surface area contributed by atoms with Crippen molar-refractivity contribution >= 4 is 5.91 Å². The van der Waals surface area contributed by atoms with Crippen LogP contribution in [0.3, 0.4) is 0 Å². The highest BCUT2D eigenvalue weighted by Gasteiger charge is 2.30. The van der Waals surface area contributed by atoms with Crippen molar-refractivity contribution in [3.05, 3.63) is 64.2 Å². The van der Waals surface area contributed by atoms with E-state index in [1.54, 1.807) is 13.0 Å². The third-order valence-corrected chi connectivity index (χ3v) is 5.02. The van der Waals surface area contributed by atoms with Crippen molar-refractivity contribution < 1.29 is 32.6 Å². The number of unbranched alkanes of at least 4 members (excludes halogenated alkanes) is 1. The van der Waals surface area contributed by atoms with Gasteiger partial charge in [0.2, 0.25) is 5.91 Å². The van der Waals surface area contributed by atoms with Gasteiger partial charge in [-0.3, -0.25) is 4.79 Å². The molecule has 10 heteroatoms. The van der Waals surface area contributed by atoms with Crippen molar-refractivity contribution in [2.24, 2.45) is 5.92 Å². The molecule has 1 atom stereocenters. The Kier molecular flexibility index (Phi) is 22.6. The molecule has 0 aliphatic rings. The van der Waals surface area contributed by atoms with Gasteiger partial charge in [0, 0.05) is 12.5 Å². The molecular weight excluding hydrogens is 501 g/mol. The third kappa shape index (κ3) is 21.1. The first-order valence-corrected chi connectivity index (χ1v) is 13.2. The molecule has 0 fully saturated rings. The lowest BCUT2D eigenvalue weighted by atomic mass is 10.0. The Morgan fingerprint density at radius 2 is 1.82 bits per heavy atom. The van der Waals surface area contributed by atoms with Crippen LogP contribution in [-0.2, 0) is 15.8 Å². The lowest BCUT2D eigenvalue weighted by Gasteiger charge is -2.11. The van der Waals surface area contributed by atoms with E-state index >= 15 is 0 Å². The zero-order valence-corrected chi connectivity index (χ0v) is 23.6. The Bertz CT molecular complexity index is 810. The van der Waals surface area contributed by atoms with Crippen molar-refractivity contribution in [2.75, 3.05) is 13.2 Å². The second-order valence-corrected chi connectivity index (χ2v) is 8.12. The van der Waals surface area contributed by atoms with Gasteiger partial charge in [-0.15, -0.1) is 10.1 Å². The van der Waals surface area contributed by atoms with E-state index in [0.717, 1.165) is 37.8 Å². The van der Waals surface area contributed by atoms with Crippen molar-refractivity contribution in [1.82, 2.24) is 5.32 Å². The molecule has 0 aliphatic carbocycles. The number of carbonyl (C=O) groups is 1. The quantitative estimate of drug-likeness (QED) is 0.104. The summed E-state index contributed by atoms with van der Waals surface area (Å²) < 4.78 is 42.9. The Morgan fingerprint density at radius 3 is 2.37 bits per heavy atom. The van der Waals surface area contributed by atoms with Crippen LogP contribution in [0.25, 0.3) is 0 Å². The van der Waals surface area contributed by atoms with Crippen molar-refractivity contribution in [3.63, 3.8) is 0 Å². The number of benzene rings is 1. The molecule has 0 saturated heterocycles. The van der Waals surface area contributed by atoms with Gasteiger partial charge in [0.15, 0.2) is 0 Å². The highest BCUT2D eigenvalue weighted by molar-refractivity contribution is 5.76. The Morgan fingerprint density at radius 1 is 1.16 bits per heavy atom. The first-order chi connectivity index (χ1) is 18.0. The summed E-state index contributed by atoms with van der Waals surface area (Å²) in [5.74, 6) is 0.725. The van der Waals surface area contributed by atoms with Crippen LogP contribution < -0.4 is 10.1 Å². The first kappa shape index (κ1) is 37.1. The van der Waals surface area contributed by atoms with Crippen molar-refractivity contribution in [2.45, 2.75) is 92.3 Å². The fourth-order valence-electron chi connectivity index (χ4n) is 2.97. The van der Waals surface area contributed by atoms with E-state index < -0.39 is 16.8 Å². The van der Waals surface area contributed by atoms with Gasteiger partial charge in [-0.2, -0.15) is 13.2 Å². The summed E-state index contributed by atoms with van der Waals surface area (Å²) in [5, 5.41) is 11.6. The predicted molar refractivity (Wildman–Crippen MR) is 145 cm³/mol. The summed E-state index contributed by atoms with van der Waals surface area (Å²) in [4.78, 5) is 25.3. The van der Waals surface area contributed by atoms with Crippen LogP contribution >= 0.6 is 0 Å². The predicted octanol–water partition coefficient (Wildman–Crippen LogP) is 7.94. The van der Waals surface area contributed by atoms with Gasteiger partial charge >= 0.3 is 6.18 Å². The Balaban J connectivity index is 0. The summed E-state index contributed by atoms with van der Waals surface area (Å²) in [5.41, 5.74) is -0.678. The van der Waals surface area contributed by atoms with E-state index in [9.17, 15) is 28.1 Å². The number of ether oxygens (including phenoxy) is 1. The number of hydrogen-bond acceptors (Lipinski definition) is 5. The Labute approximate surface area is 225 Å². The van der Waals surface area contributed by atoms with E-state index in [1.807, 2.05) is 39.0 Å². The summed E-state index contributed by atoms with van der Waals surface area (Å²) in [7, 11) is 0.